The molecule has 5 aromatic carbocycles. The second-order valence-electron chi connectivity index (χ2n) is 6.78. The number of hydrogen-bond acceptors (Lipinski definition) is 0. The highest BCUT2D eigenvalue weighted by molar-refractivity contribution is 6.30. The number of fused-ring (bicyclic) bond motifs is 3. The minimum atomic E-state index is 0.758. The minimum absolute atomic E-state index is 0.758. The van der Waals surface area contributed by atoms with Crippen LogP contribution in [0.5, 0.6) is 0 Å². The van der Waals surface area contributed by atoms with Gasteiger partial charge in [0.1, 0.15) is 0 Å². The summed E-state index contributed by atoms with van der Waals surface area (Å²) in [5.74, 6) is 0. The van der Waals surface area contributed by atoms with Crippen LogP contribution in [0.1, 0.15) is 0 Å². The van der Waals surface area contributed by atoms with Gasteiger partial charge in [0.05, 0.1) is 0 Å². The van der Waals surface area contributed by atoms with Gasteiger partial charge in [-0.15, -0.1) is 0 Å². The highest BCUT2D eigenvalue weighted by Crippen LogP contribution is 2.37. The van der Waals surface area contributed by atoms with Gasteiger partial charge in [-0.1, -0.05) is 90.5 Å². The summed E-state index contributed by atoms with van der Waals surface area (Å²) in [6.07, 6.45) is 0. The van der Waals surface area contributed by atoms with Crippen molar-refractivity contribution in [2.45, 2.75) is 0 Å². The van der Waals surface area contributed by atoms with Gasteiger partial charge in [-0.2, -0.15) is 0 Å². The first-order chi connectivity index (χ1) is 13.3. The zero-order valence-corrected chi connectivity index (χ0v) is 15.4. The van der Waals surface area contributed by atoms with Crippen molar-refractivity contribution in [3.05, 3.63) is 108 Å². The van der Waals surface area contributed by atoms with Gasteiger partial charge in [0.2, 0.25) is 0 Å². The predicted octanol–water partition coefficient (Wildman–Crippen LogP) is 7.98. The highest BCUT2D eigenvalue weighted by atomic mass is 35.5. The smallest absolute Gasteiger partial charge is 0.0406 e. The second kappa shape index (κ2) is 6.57. The molecule has 0 nitrogen and oxygen atoms in total. The third-order valence-electron chi connectivity index (χ3n) is 5.12. The third-order valence-corrected chi connectivity index (χ3v) is 5.37. The maximum Gasteiger partial charge on any atom is 0.0406 e. The summed E-state index contributed by atoms with van der Waals surface area (Å²) in [5, 5.41) is 5.83. The quantitative estimate of drug-likeness (QED) is 0.278. The van der Waals surface area contributed by atoms with E-state index in [9.17, 15) is 0 Å². The Labute approximate surface area is 163 Å². The first-order valence-corrected chi connectivity index (χ1v) is 9.44. The van der Waals surface area contributed by atoms with Gasteiger partial charge >= 0.3 is 0 Å². The van der Waals surface area contributed by atoms with E-state index in [4.69, 9.17) is 11.6 Å². The molecule has 0 radical (unpaired) electrons. The van der Waals surface area contributed by atoms with Gasteiger partial charge in [0.15, 0.2) is 0 Å². The zero-order valence-electron chi connectivity index (χ0n) is 14.7. The predicted molar refractivity (Wildman–Crippen MR) is 117 cm³/mol. The van der Waals surface area contributed by atoms with Crippen LogP contribution in [-0.2, 0) is 0 Å². The highest BCUT2D eigenvalue weighted by Gasteiger charge is 2.10. The average molecular weight is 365 g/mol. The van der Waals surface area contributed by atoms with Crippen molar-refractivity contribution in [2.24, 2.45) is 0 Å². The molecule has 0 heterocycles. The standard InChI is InChI=1S/C26H17Cl/c27-22-13-10-19(11-14-22)25-17-21-8-4-5-9-23(21)24-15-12-20(16-26(24)25)18-6-2-1-3-7-18/h1-17H. The summed E-state index contributed by atoms with van der Waals surface area (Å²) < 4.78 is 0. The summed E-state index contributed by atoms with van der Waals surface area (Å²) in [6.45, 7) is 0. The summed E-state index contributed by atoms with van der Waals surface area (Å²) >= 11 is 6.12. The lowest BCUT2D eigenvalue weighted by Gasteiger charge is -2.13. The Kier molecular flexibility index (Phi) is 3.92. The topological polar surface area (TPSA) is 0 Å². The van der Waals surface area contributed by atoms with Crippen LogP contribution in [0.15, 0.2) is 103 Å². The molecule has 0 aliphatic carbocycles. The van der Waals surface area contributed by atoms with Crippen LogP contribution in [0.25, 0.3) is 43.8 Å². The Balaban J connectivity index is 1.86. The fourth-order valence-corrected chi connectivity index (χ4v) is 3.91. The molecule has 0 saturated heterocycles. The SMILES string of the molecule is Clc1ccc(-c2cc3ccccc3c3ccc(-c4ccccc4)cc23)cc1. The van der Waals surface area contributed by atoms with Crippen LogP contribution in [-0.4, -0.2) is 0 Å². The van der Waals surface area contributed by atoms with Crippen LogP contribution < -0.4 is 0 Å². The molecule has 0 N–H and O–H groups in total. The fraction of sp³-hybridized carbons (Fsp3) is 0. The Morgan fingerprint density at radius 2 is 1.15 bits per heavy atom. The van der Waals surface area contributed by atoms with E-state index < -0.39 is 0 Å². The van der Waals surface area contributed by atoms with Crippen molar-refractivity contribution >= 4 is 33.1 Å². The molecule has 0 bridgehead atoms. The zero-order chi connectivity index (χ0) is 18.2. The van der Waals surface area contributed by atoms with Crippen molar-refractivity contribution in [3.8, 4) is 22.3 Å². The Bertz CT molecular complexity index is 1250. The molecule has 0 aliphatic rings. The second-order valence-corrected chi connectivity index (χ2v) is 7.21. The van der Waals surface area contributed by atoms with Gasteiger partial charge in [-0.25, -0.2) is 0 Å². The molecule has 0 unspecified atom stereocenters. The number of rotatable bonds is 2. The molecule has 0 amide bonds. The maximum atomic E-state index is 6.12. The number of halogens is 1. The third kappa shape index (κ3) is 2.89. The van der Waals surface area contributed by atoms with Crippen molar-refractivity contribution in [3.63, 3.8) is 0 Å². The van der Waals surface area contributed by atoms with E-state index in [1.165, 1.54) is 43.8 Å². The summed E-state index contributed by atoms with van der Waals surface area (Å²) in [5.41, 5.74) is 4.88. The van der Waals surface area contributed by atoms with Crippen LogP contribution >= 0.6 is 11.6 Å². The van der Waals surface area contributed by atoms with Crippen LogP contribution in [0.3, 0.4) is 0 Å². The van der Waals surface area contributed by atoms with Crippen molar-refractivity contribution < 1.29 is 0 Å². The maximum absolute atomic E-state index is 6.12. The fourth-order valence-electron chi connectivity index (χ4n) is 3.78. The van der Waals surface area contributed by atoms with E-state index in [2.05, 4.69) is 91.0 Å². The first kappa shape index (κ1) is 16.1. The van der Waals surface area contributed by atoms with Gasteiger partial charge < -0.3 is 0 Å². The van der Waals surface area contributed by atoms with Crippen molar-refractivity contribution in [2.75, 3.05) is 0 Å². The summed E-state index contributed by atoms with van der Waals surface area (Å²) in [4.78, 5) is 0. The van der Waals surface area contributed by atoms with Crippen molar-refractivity contribution in [1.29, 1.82) is 0 Å². The van der Waals surface area contributed by atoms with Gasteiger partial charge in [0, 0.05) is 5.02 Å². The molecule has 5 aromatic rings. The first-order valence-electron chi connectivity index (χ1n) is 9.06. The average Bonchev–Trinajstić information content (AvgIpc) is 2.74. The van der Waals surface area contributed by atoms with E-state index in [-0.39, 0.29) is 0 Å². The van der Waals surface area contributed by atoms with Crippen LogP contribution in [0.4, 0.5) is 0 Å². The lowest BCUT2D eigenvalue weighted by Crippen LogP contribution is -1.86. The molecule has 0 aromatic heterocycles. The molecule has 0 fully saturated rings. The van der Waals surface area contributed by atoms with Crippen LogP contribution in [0.2, 0.25) is 5.02 Å². The van der Waals surface area contributed by atoms with E-state index >= 15 is 0 Å². The Hall–Kier alpha value is -3.09. The van der Waals surface area contributed by atoms with Gasteiger partial charge in [-0.05, 0) is 68.1 Å². The molecule has 0 spiro atoms. The molecule has 0 aliphatic heterocycles. The Morgan fingerprint density at radius 1 is 0.444 bits per heavy atom. The molecule has 1 heteroatoms. The van der Waals surface area contributed by atoms with Gasteiger partial charge in [0.25, 0.3) is 0 Å². The van der Waals surface area contributed by atoms with Gasteiger partial charge in [-0.3, -0.25) is 0 Å². The summed E-state index contributed by atoms with van der Waals surface area (Å²) in [6, 6.07) is 36.3. The van der Waals surface area contributed by atoms with E-state index in [0.717, 1.165) is 5.02 Å². The molecule has 27 heavy (non-hydrogen) atoms. The normalized spacial score (nSPS) is 11.1. The number of hydrogen-bond donors (Lipinski definition) is 0. The molecule has 0 saturated carbocycles. The monoisotopic (exact) mass is 364 g/mol. The Morgan fingerprint density at radius 3 is 1.96 bits per heavy atom. The number of benzene rings is 5. The van der Waals surface area contributed by atoms with E-state index in [1.807, 2.05) is 12.1 Å². The molecule has 0 atom stereocenters. The molecular weight excluding hydrogens is 348 g/mol. The lowest BCUT2D eigenvalue weighted by atomic mass is 9.91. The largest absolute Gasteiger partial charge is 0.0843 e. The molecule has 5 rings (SSSR count). The van der Waals surface area contributed by atoms with Crippen LogP contribution in [0, 0.1) is 0 Å². The lowest BCUT2D eigenvalue weighted by molar-refractivity contribution is 1.63. The van der Waals surface area contributed by atoms with Crippen molar-refractivity contribution in [1.82, 2.24) is 0 Å². The van der Waals surface area contributed by atoms with E-state index in [0.29, 0.717) is 0 Å². The summed E-state index contributed by atoms with van der Waals surface area (Å²) in [7, 11) is 0. The molecular formula is C26H17Cl. The minimum Gasteiger partial charge on any atom is -0.0843 e. The molecule has 128 valence electrons. The van der Waals surface area contributed by atoms with E-state index in [1.54, 1.807) is 0 Å².